The smallest absolute Gasteiger partial charge is 0.0619 e. The van der Waals surface area contributed by atoms with Gasteiger partial charge in [-0.25, -0.2) is 0 Å². The molecule has 0 N–H and O–H groups in total. The highest BCUT2D eigenvalue weighted by Gasteiger charge is 2.51. The van der Waals surface area contributed by atoms with Crippen molar-refractivity contribution in [3.05, 3.63) is 204 Å². The Morgan fingerprint density at radius 3 is 1.35 bits per heavy atom. The van der Waals surface area contributed by atoms with E-state index in [1.165, 1.54) is 0 Å². The van der Waals surface area contributed by atoms with Crippen molar-refractivity contribution >= 4 is 32.3 Å². The van der Waals surface area contributed by atoms with E-state index in [2.05, 4.69) is 36.4 Å². The fourth-order valence-corrected chi connectivity index (χ4v) is 8.14. The lowest BCUT2D eigenvalue weighted by atomic mass is 9.70. The zero-order chi connectivity index (χ0) is 45.2. The van der Waals surface area contributed by atoms with E-state index >= 15 is 0 Å². The molecule has 0 bridgehead atoms. The van der Waals surface area contributed by atoms with Crippen LogP contribution in [0.15, 0.2) is 182 Å². The Morgan fingerprint density at radius 2 is 0.776 bits per heavy atom. The third-order valence-corrected chi connectivity index (χ3v) is 10.1. The summed E-state index contributed by atoms with van der Waals surface area (Å²) in [5.74, 6) is 0. The summed E-state index contributed by atoms with van der Waals surface area (Å²) in [6.07, 6.45) is 0. The van der Waals surface area contributed by atoms with Crippen molar-refractivity contribution in [1.29, 1.82) is 0 Å². The topological polar surface area (TPSA) is 0 Å². The molecule has 0 radical (unpaired) electrons. The van der Waals surface area contributed by atoms with Gasteiger partial charge in [-0.15, -0.1) is 0 Å². The zero-order valence-corrected chi connectivity index (χ0v) is 25.7. The second-order valence-electron chi connectivity index (χ2n) is 12.4. The van der Waals surface area contributed by atoms with Crippen molar-refractivity contribution in [3.8, 4) is 44.5 Å². The van der Waals surface area contributed by atoms with E-state index in [9.17, 15) is 8.22 Å². The van der Waals surface area contributed by atoms with Gasteiger partial charge in [-0.1, -0.05) is 163 Å². The van der Waals surface area contributed by atoms with Gasteiger partial charge < -0.3 is 0 Å². The molecule has 0 atom stereocenters. The van der Waals surface area contributed by atoms with E-state index < -0.39 is 107 Å². The van der Waals surface area contributed by atoms with Gasteiger partial charge in [0.1, 0.15) is 0 Å². The molecule has 2 aliphatic carbocycles. The lowest BCUT2D eigenvalue weighted by Crippen LogP contribution is -2.25. The molecule has 0 aliphatic heterocycles. The van der Waals surface area contributed by atoms with Gasteiger partial charge >= 0.3 is 0 Å². The maximum absolute atomic E-state index is 9.81. The van der Waals surface area contributed by atoms with Crippen LogP contribution < -0.4 is 0 Å². The van der Waals surface area contributed by atoms with Gasteiger partial charge in [-0.05, 0) is 117 Å². The van der Waals surface area contributed by atoms with Crippen LogP contribution in [0.2, 0.25) is 0 Å². The maximum Gasteiger partial charge on any atom is 0.0725 e. The summed E-state index contributed by atoms with van der Waals surface area (Å²) in [4.78, 5) is 0. The Morgan fingerprint density at radius 1 is 0.327 bits per heavy atom. The minimum absolute atomic E-state index is 0.0608. The minimum atomic E-state index is -0.790. The number of rotatable bonds is 2. The van der Waals surface area contributed by atoms with Gasteiger partial charge in [-0.2, -0.15) is 0 Å². The summed E-state index contributed by atoms with van der Waals surface area (Å²) >= 11 is 0. The molecule has 0 heterocycles. The van der Waals surface area contributed by atoms with E-state index in [4.69, 9.17) is 12.3 Å². The molecule has 9 aromatic carbocycles. The van der Waals surface area contributed by atoms with Crippen molar-refractivity contribution < 1.29 is 20.6 Å². The molecule has 2 aliphatic rings. The van der Waals surface area contributed by atoms with Crippen LogP contribution in [0.1, 0.15) is 42.8 Å². The normalized spacial score (nSPS) is 17.8. The molecule has 9 aromatic rings. The monoisotopic (exact) mass is 633 g/mol. The lowest BCUT2D eigenvalue weighted by Gasteiger charge is -2.30. The minimum Gasteiger partial charge on any atom is -0.0619 e. The quantitative estimate of drug-likeness (QED) is 0.166. The molecule has 11 rings (SSSR count). The Bertz CT molecular complexity index is 3580. The summed E-state index contributed by atoms with van der Waals surface area (Å²) in [5, 5.41) is -1.95. The molecular formula is C49H30. The third kappa shape index (κ3) is 3.53. The summed E-state index contributed by atoms with van der Waals surface area (Å²) in [6.45, 7) is 0. The van der Waals surface area contributed by atoms with E-state index in [0.29, 0.717) is 5.56 Å². The van der Waals surface area contributed by atoms with Crippen LogP contribution in [-0.4, -0.2) is 0 Å². The standard InChI is InChI=1S/C49H30/c1-2-16-37-35(14-1)36-15-3-4-17-38(36)44-29-33(24-26-39(37)44)31-12-11-13-32(28-31)34-25-27-43-42-20-7-10-23-47(42)49(48(43)30-34)45-21-8-5-18-40(45)41-19-6-9-22-46(41)49/h1-30H/i1D,2D,3D,4D,11D,12D,13D,14D,15D,16D,17D,24D,26D,28D,29D. The molecule has 0 amide bonds. The molecule has 226 valence electrons. The van der Waals surface area contributed by atoms with Crippen molar-refractivity contribution in [2.24, 2.45) is 0 Å². The summed E-state index contributed by atoms with van der Waals surface area (Å²) in [5.41, 5.74) is 6.75. The van der Waals surface area contributed by atoms with Crippen molar-refractivity contribution in [3.63, 3.8) is 0 Å². The Balaban J connectivity index is 1.25. The molecule has 1 spiro atoms. The summed E-state index contributed by atoms with van der Waals surface area (Å²) < 4.78 is 136. The average Bonchev–Trinajstić information content (AvgIpc) is 3.77. The van der Waals surface area contributed by atoms with Crippen molar-refractivity contribution in [1.82, 2.24) is 0 Å². The SMILES string of the molecule is [2H]c1c([2H])c(-c2ccc3c(c2)C2(c4ccccc4-c4ccccc42)c2ccccc2-3)c([2H])c(-c2c([2H])c([2H])c3c4c([2H])c([2H])c([2H])c([2H])c4c4c([2H])c([2H])c([2H])c([2H])c4c3c2[2H])c1[2H]. The average molecular weight is 634 g/mol. The van der Waals surface area contributed by atoms with Crippen LogP contribution in [0.25, 0.3) is 76.8 Å². The van der Waals surface area contributed by atoms with Gasteiger partial charge in [0.15, 0.2) is 0 Å². The van der Waals surface area contributed by atoms with E-state index in [-0.39, 0.29) is 37.9 Å². The molecular weight excluding hydrogens is 589 g/mol. The van der Waals surface area contributed by atoms with Crippen LogP contribution in [-0.2, 0) is 5.41 Å². The number of hydrogen-bond donors (Lipinski definition) is 0. The number of hydrogen-bond acceptors (Lipinski definition) is 0. The second kappa shape index (κ2) is 9.89. The molecule has 0 aromatic heterocycles. The Labute approximate surface area is 306 Å². The first-order valence-corrected chi connectivity index (χ1v) is 16.0. The highest BCUT2D eigenvalue weighted by molar-refractivity contribution is 6.25. The van der Waals surface area contributed by atoms with Crippen molar-refractivity contribution in [2.45, 2.75) is 5.41 Å². The highest BCUT2D eigenvalue weighted by Crippen LogP contribution is 2.63. The molecule has 0 fully saturated rings. The molecule has 0 saturated heterocycles. The molecule has 0 heteroatoms. The predicted molar refractivity (Wildman–Crippen MR) is 206 cm³/mol. The van der Waals surface area contributed by atoms with Gasteiger partial charge in [0.25, 0.3) is 0 Å². The van der Waals surface area contributed by atoms with Gasteiger partial charge in [-0.3, -0.25) is 0 Å². The molecule has 0 unspecified atom stereocenters. The lowest BCUT2D eigenvalue weighted by molar-refractivity contribution is 0.794. The third-order valence-electron chi connectivity index (χ3n) is 10.1. The van der Waals surface area contributed by atoms with E-state index in [1.54, 1.807) is 6.07 Å². The fourth-order valence-electron chi connectivity index (χ4n) is 8.14. The van der Waals surface area contributed by atoms with Crippen LogP contribution in [0.3, 0.4) is 0 Å². The summed E-state index contributed by atoms with van der Waals surface area (Å²) in [6, 6.07) is 20.6. The van der Waals surface area contributed by atoms with E-state index in [1.807, 2.05) is 48.5 Å². The van der Waals surface area contributed by atoms with Crippen LogP contribution in [0.4, 0.5) is 0 Å². The fraction of sp³-hybridized carbons (Fsp3) is 0.0204. The van der Waals surface area contributed by atoms with Crippen molar-refractivity contribution in [2.75, 3.05) is 0 Å². The first-order valence-electron chi connectivity index (χ1n) is 23.5. The Kier molecular flexibility index (Phi) is 3.28. The van der Waals surface area contributed by atoms with Gasteiger partial charge in [0, 0.05) is 0 Å². The maximum atomic E-state index is 9.81. The first-order chi connectivity index (χ1) is 30.6. The zero-order valence-electron chi connectivity index (χ0n) is 40.7. The van der Waals surface area contributed by atoms with Gasteiger partial charge in [0.2, 0.25) is 0 Å². The number of benzene rings is 9. The molecule has 49 heavy (non-hydrogen) atoms. The van der Waals surface area contributed by atoms with Crippen LogP contribution >= 0.6 is 0 Å². The summed E-state index contributed by atoms with van der Waals surface area (Å²) in [7, 11) is 0. The van der Waals surface area contributed by atoms with E-state index in [0.717, 1.165) is 44.5 Å². The largest absolute Gasteiger partial charge is 0.0725 e. The second-order valence-corrected chi connectivity index (χ2v) is 12.4. The number of fused-ring (bicyclic) bond motifs is 16. The Hall–Kier alpha value is -6.24. The molecule has 0 saturated carbocycles. The highest BCUT2D eigenvalue weighted by atomic mass is 14.5. The predicted octanol–water partition coefficient (Wildman–Crippen LogP) is 12.8. The van der Waals surface area contributed by atoms with Gasteiger partial charge in [0.05, 0.1) is 26.0 Å². The first kappa shape index (κ1) is 16.2. The van der Waals surface area contributed by atoms with Crippen LogP contribution in [0, 0.1) is 0 Å². The molecule has 0 nitrogen and oxygen atoms in total. The van der Waals surface area contributed by atoms with Crippen LogP contribution in [0.5, 0.6) is 0 Å².